The Balaban J connectivity index is 2.82. The first-order valence-electron chi connectivity index (χ1n) is 3.52. The van der Waals surface area contributed by atoms with E-state index < -0.39 is 0 Å². The lowest BCUT2D eigenvalue weighted by Crippen LogP contribution is -1.79. The number of nitrogens with one attached hydrogen (secondary N) is 1. The Morgan fingerprint density at radius 2 is 2.42 bits per heavy atom. The lowest BCUT2D eigenvalue weighted by atomic mass is 10.2. The fraction of sp³-hybridized carbons (Fsp3) is 0.125. The molecule has 0 bridgehead atoms. The van der Waals surface area contributed by atoms with Gasteiger partial charge in [0.2, 0.25) is 0 Å². The normalized spacial score (nSPS) is 10.0. The summed E-state index contributed by atoms with van der Waals surface area (Å²) in [6, 6.07) is 3.81. The van der Waals surface area contributed by atoms with E-state index in [9.17, 15) is 0 Å². The van der Waals surface area contributed by atoms with Crippen molar-refractivity contribution < 1.29 is 0 Å². The zero-order valence-electron chi connectivity index (χ0n) is 6.50. The number of aromatic amines is 1. The molecule has 0 aromatic carbocycles. The maximum Gasteiger partial charge on any atom is 0.181 e. The van der Waals surface area contributed by atoms with Crippen LogP contribution >= 0.6 is 0 Å². The molecule has 4 nitrogen and oxygen atoms in total. The Kier molecular flexibility index (Phi) is 1.31. The van der Waals surface area contributed by atoms with Crippen molar-refractivity contribution in [2.24, 2.45) is 0 Å². The van der Waals surface area contributed by atoms with E-state index in [1.54, 1.807) is 6.07 Å². The predicted octanol–water partition coefficient (Wildman–Crippen LogP) is 1.14. The standard InChI is InChI=1S/C8H6N4/c1-5-7-2-6(3-9)4-10-8(7)12-11-5/h2,4H,1H3,(H,10,11,12). The van der Waals surface area contributed by atoms with Crippen molar-refractivity contribution in [1.82, 2.24) is 15.2 Å². The summed E-state index contributed by atoms with van der Waals surface area (Å²) in [5.41, 5.74) is 2.16. The molecule has 2 rings (SSSR count). The van der Waals surface area contributed by atoms with Crippen LogP contribution in [0, 0.1) is 18.3 Å². The molecule has 0 amide bonds. The van der Waals surface area contributed by atoms with Gasteiger partial charge in [-0.2, -0.15) is 10.4 Å². The van der Waals surface area contributed by atoms with Crippen molar-refractivity contribution in [3.05, 3.63) is 23.5 Å². The SMILES string of the molecule is Cc1[nH]nc2ncc(C#N)cc12. The maximum atomic E-state index is 8.60. The van der Waals surface area contributed by atoms with Crippen molar-refractivity contribution in [3.63, 3.8) is 0 Å². The van der Waals surface area contributed by atoms with Crippen LogP contribution in [-0.4, -0.2) is 15.2 Å². The van der Waals surface area contributed by atoms with Crippen molar-refractivity contribution in [2.75, 3.05) is 0 Å². The molecule has 0 atom stereocenters. The van der Waals surface area contributed by atoms with Crippen LogP contribution in [0.2, 0.25) is 0 Å². The van der Waals surface area contributed by atoms with Crippen LogP contribution in [0.5, 0.6) is 0 Å². The van der Waals surface area contributed by atoms with Gasteiger partial charge in [-0.15, -0.1) is 0 Å². The summed E-state index contributed by atoms with van der Waals surface area (Å²) in [6.07, 6.45) is 1.52. The number of hydrogen-bond donors (Lipinski definition) is 1. The van der Waals surface area contributed by atoms with Gasteiger partial charge in [0.25, 0.3) is 0 Å². The molecule has 4 heteroatoms. The molecule has 58 valence electrons. The number of fused-ring (bicyclic) bond motifs is 1. The van der Waals surface area contributed by atoms with Crippen LogP contribution in [0.15, 0.2) is 12.3 Å². The lowest BCUT2D eigenvalue weighted by molar-refractivity contribution is 1.05. The van der Waals surface area contributed by atoms with Crippen molar-refractivity contribution in [3.8, 4) is 6.07 Å². The molecule has 12 heavy (non-hydrogen) atoms. The maximum absolute atomic E-state index is 8.60. The number of rotatable bonds is 0. The van der Waals surface area contributed by atoms with Crippen LogP contribution in [0.3, 0.4) is 0 Å². The molecule has 0 spiro atoms. The molecule has 0 radical (unpaired) electrons. The number of pyridine rings is 1. The van der Waals surface area contributed by atoms with Crippen molar-refractivity contribution in [2.45, 2.75) is 6.92 Å². The molecule has 0 unspecified atom stereocenters. The largest absolute Gasteiger partial charge is 0.280 e. The Hall–Kier alpha value is -1.89. The molecule has 0 aliphatic rings. The highest BCUT2D eigenvalue weighted by atomic mass is 15.1. The van der Waals surface area contributed by atoms with E-state index in [2.05, 4.69) is 15.2 Å². The minimum atomic E-state index is 0.562. The van der Waals surface area contributed by atoms with Gasteiger partial charge in [-0.1, -0.05) is 0 Å². The number of nitriles is 1. The van der Waals surface area contributed by atoms with Crippen LogP contribution in [0.25, 0.3) is 11.0 Å². The molecule has 2 aromatic heterocycles. The van der Waals surface area contributed by atoms with Gasteiger partial charge in [-0.05, 0) is 13.0 Å². The van der Waals surface area contributed by atoms with Gasteiger partial charge in [-0.25, -0.2) is 4.98 Å². The zero-order valence-corrected chi connectivity index (χ0v) is 6.50. The van der Waals surface area contributed by atoms with Gasteiger partial charge in [0.05, 0.1) is 5.56 Å². The summed E-state index contributed by atoms with van der Waals surface area (Å²) in [5.74, 6) is 0. The molecule has 0 fully saturated rings. The Labute approximate surface area is 68.9 Å². The van der Waals surface area contributed by atoms with Gasteiger partial charge in [0.1, 0.15) is 6.07 Å². The van der Waals surface area contributed by atoms with Crippen LogP contribution < -0.4 is 0 Å². The Bertz CT molecular complexity index is 463. The Morgan fingerprint density at radius 3 is 3.17 bits per heavy atom. The lowest BCUT2D eigenvalue weighted by Gasteiger charge is -1.88. The highest BCUT2D eigenvalue weighted by Gasteiger charge is 2.02. The fourth-order valence-electron chi connectivity index (χ4n) is 1.08. The van der Waals surface area contributed by atoms with Gasteiger partial charge < -0.3 is 0 Å². The summed E-state index contributed by atoms with van der Waals surface area (Å²) < 4.78 is 0. The molecule has 2 aromatic rings. The second-order valence-electron chi connectivity index (χ2n) is 2.56. The van der Waals surface area contributed by atoms with Gasteiger partial charge in [-0.3, -0.25) is 5.10 Å². The number of hydrogen-bond acceptors (Lipinski definition) is 3. The molecule has 0 aliphatic carbocycles. The van der Waals surface area contributed by atoms with E-state index in [-0.39, 0.29) is 0 Å². The smallest absolute Gasteiger partial charge is 0.181 e. The van der Waals surface area contributed by atoms with E-state index in [1.165, 1.54) is 6.20 Å². The molecular weight excluding hydrogens is 152 g/mol. The van der Waals surface area contributed by atoms with E-state index in [1.807, 2.05) is 13.0 Å². The summed E-state index contributed by atoms with van der Waals surface area (Å²) in [7, 11) is 0. The number of H-pyrrole nitrogens is 1. The highest BCUT2D eigenvalue weighted by Crippen LogP contribution is 2.13. The second kappa shape index (κ2) is 2.31. The quantitative estimate of drug-likeness (QED) is 0.625. The minimum absolute atomic E-state index is 0.562. The molecular formula is C8H6N4. The summed E-state index contributed by atoms with van der Waals surface area (Å²) in [6.45, 7) is 1.90. The van der Waals surface area contributed by atoms with Crippen LogP contribution in [0.1, 0.15) is 11.3 Å². The minimum Gasteiger partial charge on any atom is -0.280 e. The number of aromatic nitrogens is 3. The van der Waals surface area contributed by atoms with Crippen molar-refractivity contribution >= 4 is 11.0 Å². The third kappa shape index (κ3) is 0.839. The third-order valence-corrected chi connectivity index (χ3v) is 1.73. The first-order valence-corrected chi connectivity index (χ1v) is 3.52. The predicted molar refractivity (Wildman–Crippen MR) is 43.3 cm³/mol. The van der Waals surface area contributed by atoms with E-state index in [0.29, 0.717) is 11.2 Å². The van der Waals surface area contributed by atoms with Gasteiger partial charge in [0.15, 0.2) is 5.65 Å². The molecule has 0 aliphatic heterocycles. The third-order valence-electron chi connectivity index (χ3n) is 1.73. The fourth-order valence-corrected chi connectivity index (χ4v) is 1.08. The zero-order chi connectivity index (χ0) is 8.55. The van der Waals surface area contributed by atoms with E-state index in [0.717, 1.165) is 11.1 Å². The summed E-state index contributed by atoms with van der Waals surface area (Å²) in [4.78, 5) is 4.01. The first kappa shape index (κ1) is 6.80. The van der Waals surface area contributed by atoms with Crippen LogP contribution in [0.4, 0.5) is 0 Å². The average molecular weight is 158 g/mol. The average Bonchev–Trinajstić information content (AvgIpc) is 2.47. The number of nitrogens with zero attached hydrogens (tertiary/aromatic N) is 3. The first-order chi connectivity index (χ1) is 5.81. The van der Waals surface area contributed by atoms with E-state index >= 15 is 0 Å². The highest BCUT2D eigenvalue weighted by molar-refractivity contribution is 5.78. The second-order valence-corrected chi connectivity index (χ2v) is 2.56. The molecule has 0 saturated carbocycles. The topological polar surface area (TPSA) is 65.4 Å². The van der Waals surface area contributed by atoms with Crippen LogP contribution in [-0.2, 0) is 0 Å². The summed E-state index contributed by atoms with van der Waals surface area (Å²) in [5, 5.41) is 16.3. The van der Waals surface area contributed by atoms with Gasteiger partial charge >= 0.3 is 0 Å². The Morgan fingerprint density at radius 1 is 1.58 bits per heavy atom. The molecule has 2 heterocycles. The van der Waals surface area contributed by atoms with Gasteiger partial charge in [0, 0.05) is 17.3 Å². The summed E-state index contributed by atoms with van der Waals surface area (Å²) >= 11 is 0. The van der Waals surface area contributed by atoms with E-state index in [4.69, 9.17) is 5.26 Å². The monoisotopic (exact) mass is 158 g/mol. The van der Waals surface area contributed by atoms with Crippen molar-refractivity contribution in [1.29, 1.82) is 5.26 Å². The molecule has 0 saturated heterocycles. The molecule has 1 N–H and O–H groups in total. The number of aryl methyl sites for hydroxylation is 1.